The Kier molecular flexibility index (Phi) is 4.49. The van der Waals surface area contributed by atoms with E-state index in [4.69, 9.17) is 27.9 Å². The van der Waals surface area contributed by atoms with E-state index in [1.165, 1.54) is 40.0 Å². The Balaban J connectivity index is 2.20. The molecule has 0 spiro atoms. The maximum atomic E-state index is 12.5. The van der Waals surface area contributed by atoms with Crippen molar-refractivity contribution in [1.82, 2.24) is 4.57 Å². The smallest absolute Gasteiger partial charge is 0.377 e. The van der Waals surface area contributed by atoms with E-state index in [9.17, 15) is 15.3 Å². The minimum absolute atomic E-state index is 0.149. The second-order valence-corrected chi connectivity index (χ2v) is 5.78. The molecule has 1 aromatic carbocycles. The highest BCUT2D eigenvalue weighted by Gasteiger charge is 2.37. The maximum absolute atomic E-state index is 12.5. The Morgan fingerprint density at radius 1 is 1.36 bits per heavy atom. The van der Waals surface area contributed by atoms with Crippen LogP contribution in [0.5, 0.6) is 5.75 Å². The third kappa shape index (κ3) is 2.98. The summed E-state index contributed by atoms with van der Waals surface area (Å²) < 4.78 is 7.80. The molecule has 3 rings (SSSR count). The second kappa shape index (κ2) is 6.60. The predicted molar refractivity (Wildman–Crippen MR) is 92.9 cm³/mol. The average Bonchev–Trinajstić information content (AvgIpc) is 3.17. The lowest BCUT2D eigenvalue weighted by Gasteiger charge is -2.22. The molecule has 1 aliphatic rings. The fourth-order valence-corrected chi connectivity index (χ4v) is 2.67. The zero-order valence-electron chi connectivity index (χ0n) is 12.5. The Morgan fingerprint density at radius 3 is 2.64 bits per heavy atom. The molecule has 10 heteroatoms. The van der Waals surface area contributed by atoms with Crippen LogP contribution in [0.4, 0.5) is 5.69 Å². The van der Waals surface area contributed by atoms with Crippen molar-refractivity contribution in [3.05, 3.63) is 81.0 Å². The molecule has 0 aliphatic carbocycles. The van der Waals surface area contributed by atoms with Crippen LogP contribution in [0.3, 0.4) is 0 Å². The van der Waals surface area contributed by atoms with Gasteiger partial charge in [0.25, 0.3) is 12.2 Å². The number of hydroxylamine groups is 1. The van der Waals surface area contributed by atoms with E-state index in [0.717, 1.165) is 0 Å². The van der Waals surface area contributed by atoms with Crippen molar-refractivity contribution in [2.75, 3.05) is 5.06 Å². The monoisotopic (exact) mass is 380 g/mol. The van der Waals surface area contributed by atoms with E-state index < -0.39 is 21.0 Å². The van der Waals surface area contributed by atoms with E-state index in [-0.39, 0.29) is 17.1 Å². The highest BCUT2D eigenvalue weighted by atomic mass is 35.5. The quantitative estimate of drug-likeness (QED) is 0.461. The Bertz CT molecular complexity index is 931. The molecular weight excluding hydrogens is 371 g/mol. The van der Waals surface area contributed by atoms with Gasteiger partial charge in [-0.3, -0.25) is 10.1 Å². The molecule has 0 atom stereocenters. The van der Waals surface area contributed by atoms with Crippen molar-refractivity contribution in [1.29, 1.82) is 0 Å². The summed E-state index contributed by atoms with van der Waals surface area (Å²) in [5.41, 5.74) is -0.730. The zero-order valence-corrected chi connectivity index (χ0v) is 14.0. The van der Waals surface area contributed by atoms with E-state index in [2.05, 4.69) is 6.58 Å². The van der Waals surface area contributed by atoms with Gasteiger partial charge in [-0.25, -0.2) is 4.57 Å². The Hall–Kier alpha value is -2.81. The number of halogens is 2. The van der Waals surface area contributed by atoms with Crippen molar-refractivity contribution in [2.24, 2.45) is 0 Å². The lowest BCUT2D eigenvalue weighted by Crippen LogP contribution is -2.23. The SMILES string of the molecule is C=C[n+]1ccn(C(=C(Cl)Cl)/C(=C2\Oc3ccccc3N2[O-])[N+](=O)[O-])c1. The van der Waals surface area contributed by atoms with Crippen molar-refractivity contribution < 1.29 is 14.2 Å². The van der Waals surface area contributed by atoms with Crippen LogP contribution in [0.2, 0.25) is 0 Å². The number of fused-ring (bicyclic) bond motifs is 1. The Morgan fingerprint density at radius 2 is 2.08 bits per heavy atom. The molecule has 8 nitrogen and oxygen atoms in total. The van der Waals surface area contributed by atoms with Gasteiger partial charge in [-0.15, -0.1) is 0 Å². The molecule has 0 N–H and O–H groups in total. The Labute approximate surface area is 151 Å². The highest BCUT2D eigenvalue weighted by Crippen LogP contribution is 2.41. The average molecular weight is 381 g/mol. The first kappa shape index (κ1) is 17.0. The van der Waals surface area contributed by atoms with Gasteiger partial charge < -0.3 is 15.0 Å². The third-order valence-corrected chi connectivity index (χ3v) is 3.75. The molecule has 0 amide bonds. The normalized spacial score (nSPS) is 14.6. The fraction of sp³-hybridized carbons (Fsp3) is 0. The summed E-state index contributed by atoms with van der Waals surface area (Å²) in [4.78, 5) is 10.9. The zero-order chi connectivity index (χ0) is 18.1. The van der Waals surface area contributed by atoms with Gasteiger partial charge in [0.1, 0.15) is 12.4 Å². The molecule has 0 unspecified atom stereocenters. The first-order chi connectivity index (χ1) is 11.9. The highest BCUT2D eigenvalue weighted by molar-refractivity contribution is 6.58. The van der Waals surface area contributed by atoms with Gasteiger partial charge >= 0.3 is 5.70 Å². The van der Waals surface area contributed by atoms with Crippen LogP contribution in [-0.4, -0.2) is 9.49 Å². The number of nitrogens with zero attached hydrogens (tertiary/aromatic N) is 4. The molecule has 1 aliphatic heterocycles. The van der Waals surface area contributed by atoms with Crippen molar-refractivity contribution in [2.45, 2.75) is 0 Å². The fourth-order valence-electron chi connectivity index (χ4n) is 2.30. The number of ether oxygens (including phenoxy) is 1. The number of nitro groups is 1. The maximum Gasteiger partial charge on any atom is 0.377 e. The first-order valence-corrected chi connectivity index (χ1v) is 7.59. The molecule has 2 aromatic rings. The summed E-state index contributed by atoms with van der Waals surface area (Å²) in [6, 6.07) is 6.27. The lowest BCUT2D eigenvalue weighted by atomic mass is 10.3. The molecule has 2 heterocycles. The van der Waals surface area contributed by atoms with Crippen LogP contribution in [-0.2, 0) is 0 Å². The lowest BCUT2D eigenvalue weighted by molar-refractivity contribution is -0.566. The second-order valence-electron chi connectivity index (χ2n) is 4.83. The van der Waals surface area contributed by atoms with E-state index in [1.807, 2.05) is 0 Å². The number of aromatic nitrogens is 2. The number of rotatable bonds is 4. The third-order valence-electron chi connectivity index (χ3n) is 3.39. The van der Waals surface area contributed by atoms with Crippen LogP contribution in [0, 0.1) is 15.3 Å². The minimum Gasteiger partial charge on any atom is -0.751 e. The van der Waals surface area contributed by atoms with Gasteiger partial charge in [0.05, 0.1) is 16.8 Å². The molecule has 0 fully saturated rings. The van der Waals surface area contributed by atoms with Gasteiger partial charge in [-0.2, -0.15) is 4.57 Å². The van der Waals surface area contributed by atoms with E-state index >= 15 is 0 Å². The molecule has 1 aromatic heterocycles. The molecule has 128 valence electrons. The van der Waals surface area contributed by atoms with Gasteiger partial charge in [-0.05, 0) is 12.1 Å². The van der Waals surface area contributed by atoms with Crippen molar-refractivity contribution in [3.8, 4) is 5.75 Å². The predicted octanol–water partition coefficient (Wildman–Crippen LogP) is 3.32. The number of hydrogen-bond donors (Lipinski definition) is 0. The number of para-hydroxylation sites is 2. The molecule has 0 radical (unpaired) electrons. The largest absolute Gasteiger partial charge is 0.751 e. The van der Waals surface area contributed by atoms with Gasteiger partial charge in [0.15, 0.2) is 10.2 Å². The number of anilines is 1. The molecule has 0 saturated heterocycles. The van der Waals surface area contributed by atoms with Gasteiger partial charge in [-0.1, -0.05) is 41.9 Å². The summed E-state index contributed by atoms with van der Waals surface area (Å²) in [6.45, 7) is 3.58. The van der Waals surface area contributed by atoms with Gasteiger partial charge in [0, 0.05) is 0 Å². The topological polar surface area (TPSA) is 87.5 Å². The summed E-state index contributed by atoms with van der Waals surface area (Å²) in [5.74, 6) is -0.329. The van der Waals surface area contributed by atoms with Crippen LogP contribution in [0.15, 0.2) is 65.6 Å². The number of hydrogen-bond acceptors (Lipinski definition) is 5. The van der Waals surface area contributed by atoms with E-state index in [0.29, 0.717) is 5.06 Å². The summed E-state index contributed by atoms with van der Waals surface area (Å²) >= 11 is 11.8. The van der Waals surface area contributed by atoms with Crippen molar-refractivity contribution >= 4 is 40.8 Å². The van der Waals surface area contributed by atoms with Crippen molar-refractivity contribution in [3.63, 3.8) is 0 Å². The number of benzene rings is 1. The molecule has 25 heavy (non-hydrogen) atoms. The molecule has 0 bridgehead atoms. The number of allylic oxidation sites excluding steroid dienone is 1. The van der Waals surface area contributed by atoms with Crippen LogP contribution < -0.4 is 14.4 Å². The van der Waals surface area contributed by atoms with Gasteiger partial charge in [0.2, 0.25) is 5.70 Å². The number of imidazole rings is 1. The standard InChI is InChI=1S/C15H10Cl2N4O4/c1-2-18-7-8-19(9-18)12(14(16)17)13(21(23)24)15-20(22)10-5-3-4-6-11(10)25-15/h2-9H,1H2/b15-13+. The van der Waals surface area contributed by atoms with Crippen LogP contribution in [0.1, 0.15) is 0 Å². The summed E-state index contributed by atoms with van der Waals surface area (Å²) in [7, 11) is 0. The van der Waals surface area contributed by atoms with Crippen LogP contribution >= 0.6 is 23.2 Å². The summed E-state index contributed by atoms with van der Waals surface area (Å²) in [6.07, 6.45) is 5.97. The first-order valence-electron chi connectivity index (χ1n) is 6.84. The molecule has 0 saturated carbocycles. The van der Waals surface area contributed by atoms with Crippen LogP contribution in [0.25, 0.3) is 11.9 Å². The van der Waals surface area contributed by atoms with E-state index in [1.54, 1.807) is 18.3 Å². The minimum atomic E-state index is -0.773. The summed E-state index contributed by atoms with van der Waals surface area (Å²) in [5, 5.41) is 24.5. The molecular formula is C15H10Cl2N4O4.